The van der Waals surface area contributed by atoms with Crippen LogP contribution in [0.3, 0.4) is 0 Å². The average Bonchev–Trinajstić information content (AvgIpc) is 3.76. The molecule has 0 radical (unpaired) electrons. The molecule has 3 aromatic heterocycles. The zero-order valence-corrected chi connectivity index (χ0v) is 27.7. The smallest absolute Gasteiger partial charge is 0.164 e. The lowest BCUT2D eigenvalue weighted by Gasteiger charge is -2.11. The van der Waals surface area contributed by atoms with Crippen LogP contribution in [0.15, 0.2) is 168 Å². The predicted molar refractivity (Wildman–Crippen MR) is 208 cm³/mol. The summed E-state index contributed by atoms with van der Waals surface area (Å²) in [6.07, 6.45) is 0. The van der Waals surface area contributed by atoms with E-state index in [-0.39, 0.29) is 0 Å². The van der Waals surface area contributed by atoms with Gasteiger partial charge in [0.05, 0.1) is 22.7 Å². The van der Waals surface area contributed by atoms with Crippen LogP contribution >= 0.6 is 0 Å². The number of furan rings is 1. The van der Waals surface area contributed by atoms with Gasteiger partial charge in [0.1, 0.15) is 11.2 Å². The molecule has 0 bridgehead atoms. The molecule has 0 unspecified atom stereocenters. The summed E-state index contributed by atoms with van der Waals surface area (Å²) >= 11 is 0. The third-order valence-electron chi connectivity index (χ3n) is 9.71. The van der Waals surface area contributed by atoms with Crippen molar-refractivity contribution in [1.82, 2.24) is 19.5 Å². The van der Waals surface area contributed by atoms with E-state index >= 15 is 0 Å². The van der Waals surface area contributed by atoms with Crippen LogP contribution in [0.25, 0.3) is 94.7 Å². The van der Waals surface area contributed by atoms with Gasteiger partial charge in [-0.1, -0.05) is 97.1 Å². The fourth-order valence-electron chi connectivity index (χ4n) is 7.16. The Balaban J connectivity index is 1.05. The van der Waals surface area contributed by atoms with Crippen molar-refractivity contribution in [2.75, 3.05) is 0 Å². The zero-order valence-electron chi connectivity index (χ0n) is 27.7. The van der Waals surface area contributed by atoms with Crippen molar-refractivity contribution in [2.45, 2.75) is 0 Å². The monoisotopic (exact) mass is 665 g/mol. The van der Waals surface area contributed by atoms with Crippen LogP contribution in [0.2, 0.25) is 0 Å². The van der Waals surface area contributed by atoms with Crippen LogP contribution in [0.4, 0.5) is 0 Å². The molecule has 0 aliphatic carbocycles. The van der Waals surface area contributed by atoms with Crippen molar-refractivity contribution in [2.24, 2.45) is 0 Å². The van der Waals surface area contributed by atoms with Gasteiger partial charge >= 0.3 is 0 Å². The second-order valence-electron chi connectivity index (χ2n) is 12.8. The number of nitriles is 1. The lowest BCUT2D eigenvalue weighted by Crippen LogP contribution is -2.00. The number of aromatic nitrogens is 4. The molecular formula is C46H27N5O. The quantitative estimate of drug-likeness (QED) is 0.183. The molecule has 0 saturated carbocycles. The molecule has 6 nitrogen and oxygen atoms in total. The highest BCUT2D eigenvalue weighted by molar-refractivity contribution is 6.09. The van der Waals surface area contributed by atoms with Gasteiger partial charge < -0.3 is 8.98 Å². The molecule has 0 saturated heterocycles. The van der Waals surface area contributed by atoms with Gasteiger partial charge in [-0.15, -0.1) is 0 Å². The minimum absolute atomic E-state index is 0.525. The number of hydrogen-bond donors (Lipinski definition) is 0. The summed E-state index contributed by atoms with van der Waals surface area (Å²) in [5.41, 5.74) is 10.3. The lowest BCUT2D eigenvalue weighted by atomic mass is 10.0. The van der Waals surface area contributed by atoms with Gasteiger partial charge in [-0.2, -0.15) is 5.26 Å². The van der Waals surface area contributed by atoms with E-state index in [4.69, 9.17) is 19.4 Å². The van der Waals surface area contributed by atoms with Crippen LogP contribution in [0.1, 0.15) is 5.56 Å². The summed E-state index contributed by atoms with van der Waals surface area (Å²) in [6.45, 7) is 0. The maximum atomic E-state index is 9.37. The van der Waals surface area contributed by atoms with E-state index < -0.39 is 0 Å². The largest absolute Gasteiger partial charge is 0.456 e. The fourth-order valence-corrected chi connectivity index (χ4v) is 7.16. The predicted octanol–water partition coefficient (Wildman–Crippen LogP) is 11.4. The number of benzene rings is 7. The topological polar surface area (TPSA) is 80.5 Å². The van der Waals surface area contributed by atoms with E-state index in [0.29, 0.717) is 23.0 Å². The van der Waals surface area contributed by atoms with Crippen molar-refractivity contribution in [3.05, 3.63) is 169 Å². The molecule has 0 aliphatic heterocycles. The summed E-state index contributed by atoms with van der Waals surface area (Å²) in [6, 6.07) is 57.7. The summed E-state index contributed by atoms with van der Waals surface area (Å²) in [5, 5.41) is 14.0. The second kappa shape index (κ2) is 11.9. The Morgan fingerprint density at radius 1 is 0.423 bits per heavy atom. The molecule has 3 heterocycles. The van der Waals surface area contributed by atoms with Gasteiger partial charge in [-0.05, 0) is 77.9 Å². The number of rotatable bonds is 5. The third kappa shape index (κ3) is 4.92. The van der Waals surface area contributed by atoms with E-state index in [2.05, 4.69) is 120 Å². The van der Waals surface area contributed by atoms with Crippen molar-refractivity contribution < 1.29 is 4.42 Å². The lowest BCUT2D eigenvalue weighted by molar-refractivity contribution is 0.669. The summed E-state index contributed by atoms with van der Waals surface area (Å²) in [5.74, 6) is 1.62. The van der Waals surface area contributed by atoms with Gasteiger partial charge in [0, 0.05) is 43.9 Å². The molecule has 10 aromatic rings. The van der Waals surface area contributed by atoms with Crippen LogP contribution < -0.4 is 0 Å². The molecule has 52 heavy (non-hydrogen) atoms. The maximum absolute atomic E-state index is 9.37. The van der Waals surface area contributed by atoms with Crippen molar-refractivity contribution in [3.63, 3.8) is 0 Å². The van der Waals surface area contributed by atoms with Crippen LogP contribution in [0, 0.1) is 11.3 Å². The Kier molecular flexibility index (Phi) is 6.76. The summed E-state index contributed by atoms with van der Waals surface area (Å²) < 4.78 is 8.53. The van der Waals surface area contributed by atoms with E-state index in [9.17, 15) is 5.26 Å². The van der Waals surface area contributed by atoms with Crippen LogP contribution in [-0.4, -0.2) is 19.5 Å². The second-order valence-corrected chi connectivity index (χ2v) is 12.8. The minimum atomic E-state index is 0.525. The van der Waals surface area contributed by atoms with Crippen molar-refractivity contribution in [3.8, 4) is 57.0 Å². The zero-order chi connectivity index (χ0) is 34.6. The molecule has 6 heteroatoms. The highest BCUT2D eigenvalue weighted by Gasteiger charge is 2.16. The van der Waals surface area contributed by atoms with Crippen LogP contribution in [-0.2, 0) is 0 Å². The molecular weight excluding hydrogens is 639 g/mol. The first-order chi connectivity index (χ1) is 25.7. The molecule has 0 atom stereocenters. The molecule has 0 fully saturated rings. The Morgan fingerprint density at radius 3 is 1.63 bits per heavy atom. The van der Waals surface area contributed by atoms with Gasteiger partial charge in [-0.3, -0.25) is 0 Å². The molecule has 242 valence electrons. The Hall–Kier alpha value is -7.36. The highest BCUT2D eigenvalue weighted by Crippen LogP contribution is 2.35. The Morgan fingerprint density at radius 2 is 0.962 bits per heavy atom. The standard InChI is InChI=1S/C46H27N5O/c47-28-29-16-18-31(19-17-29)44-48-45(50-46(49-44)34-24-25-39-38-12-3-6-15-42(38)52-43(39)27-34)32-22-20-30(21-23-32)33-8-7-9-35(26-33)51-40-13-4-1-10-36(40)37-11-2-5-14-41(37)51/h1-27H. The molecule has 0 spiro atoms. The maximum Gasteiger partial charge on any atom is 0.164 e. The first kappa shape index (κ1) is 29.5. The van der Waals surface area contributed by atoms with Gasteiger partial charge in [0.25, 0.3) is 0 Å². The SMILES string of the molecule is N#Cc1ccc(-c2nc(-c3ccc(-c4cccc(-n5c6ccccc6c6ccccc65)c4)cc3)nc(-c3ccc4c(c3)oc3ccccc34)n2)cc1. The molecule has 0 N–H and O–H groups in total. The number of nitrogens with zero attached hydrogens (tertiary/aromatic N) is 5. The summed E-state index contributed by atoms with van der Waals surface area (Å²) in [4.78, 5) is 14.8. The number of para-hydroxylation sites is 3. The normalized spacial score (nSPS) is 11.4. The average molecular weight is 666 g/mol. The Bertz CT molecular complexity index is 2970. The number of hydrogen-bond acceptors (Lipinski definition) is 5. The number of fused-ring (bicyclic) bond motifs is 6. The molecule has 7 aromatic carbocycles. The van der Waals surface area contributed by atoms with Crippen LogP contribution in [0.5, 0.6) is 0 Å². The third-order valence-corrected chi connectivity index (χ3v) is 9.71. The fraction of sp³-hybridized carbons (Fsp3) is 0. The molecule has 0 aliphatic rings. The van der Waals surface area contributed by atoms with E-state index in [1.165, 1.54) is 21.8 Å². The van der Waals surface area contributed by atoms with E-state index in [0.717, 1.165) is 55.4 Å². The van der Waals surface area contributed by atoms with Gasteiger partial charge in [0.2, 0.25) is 0 Å². The van der Waals surface area contributed by atoms with E-state index in [1.807, 2.05) is 42.5 Å². The first-order valence-corrected chi connectivity index (χ1v) is 17.1. The van der Waals surface area contributed by atoms with E-state index in [1.54, 1.807) is 12.1 Å². The first-order valence-electron chi connectivity index (χ1n) is 17.1. The van der Waals surface area contributed by atoms with Crippen molar-refractivity contribution in [1.29, 1.82) is 5.26 Å². The summed E-state index contributed by atoms with van der Waals surface area (Å²) in [7, 11) is 0. The van der Waals surface area contributed by atoms with Gasteiger partial charge in [-0.25, -0.2) is 15.0 Å². The molecule has 0 amide bonds. The van der Waals surface area contributed by atoms with Gasteiger partial charge in [0.15, 0.2) is 17.5 Å². The minimum Gasteiger partial charge on any atom is -0.456 e. The Labute approximate surface area is 298 Å². The van der Waals surface area contributed by atoms with Crippen molar-refractivity contribution >= 4 is 43.7 Å². The molecule has 10 rings (SSSR count). The highest BCUT2D eigenvalue weighted by atomic mass is 16.3.